The molecule has 0 N–H and O–H groups in total. The molecule has 12 rings (SSSR count). The third-order valence-corrected chi connectivity index (χ3v) is 20.7. The second-order valence-electron chi connectivity index (χ2n) is 40.9. The first-order valence-electron chi connectivity index (χ1n) is 38.9. The summed E-state index contributed by atoms with van der Waals surface area (Å²) in [5.74, 6) is 0. The molecule has 0 radical (unpaired) electrons. The van der Waals surface area contributed by atoms with E-state index >= 15 is 0 Å². The molecule has 0 amide bonds. The summed E-state index contributed by atoms with van der Waals surface area (Å²) in [5, 5.41) is 5.55. The number of hydrogen-bond acceptors (Lipinski definition) is 2. The average molecular weight is 1420 g/mol. The van der Waals surface area contributed by atoms with Gasteiger partial charge in [-0.2, -0.15) is 0 Å². The van der Waals surface area contributed by atoms with Gasteiger partial charge in [-0.25, -0.2) is 0 Å². The number of pyridine rings is 1. The van der Waals surface area contributed by atoms with E-state index in [2.05, 4.69) is 435 Å². The summed E-state index contributed by atoms with van der Waals surface area (Å²) in [5.41, 5.74) is 26.4. The molecule has 2 aromatic heterocycles. The minimum atomic E-state index is 0.0857. The molecule has 1 aliphatic rings. The van der Waals surface area contributed by atoms with Gasteiger partial charge in [0.05, 0.1) is 0 Å². The maximum absolute atomic E-state index is 4.08. The van der Waals surface area contributed by atoms with Crippen molar-refractivity contribution in [1.29, 1.82) is 0 Å². The zero-order chi connectivity index (χ0) is 79.2. The molecule has 2 heterocycles. The van der Waals surface area contributed by atoms with Crippen molar-refractivity contribution in [2.45, 2.75) is 296 Å². The van der Waals surface area contributed by atoms with E-state index in [0.717, 1.165) is 5.69 Å². The van der Waals surface area contributed by atoms with Crippen LogP contribution >= 0.6 is 11.3 Å². The summed E-state index contributed by atoms with van der Waals surface area (Å²) in [4.78, 5) is 4.08. The standard InChI is InChI=1S/C23H30.C20H24S.C18H24.C16H18.C14H22.C7H9N.C5H12/c1-21(2,3)18-14-13-17-19(20(18)22(4,5)6)15-11-9-10-12-16(15)23(17,7)8;1-19(2,3)15-12-11-14-13-9-7-8-10-16(13)21-18(14)17(15)20(4,5)6;1-17(2,3)15-12-11-13-9-7-8-10-14(13)16(15)18(4,5)6;1-16(2,3)15-12-8-7-11-14(15)13-9-5-4-6-10-13;1-13(2,3)11-9-7-8-10-12(11)14(4,5)6;1-6-4-3-5-8-7(6)2;1-5(2,3)4/h9-14H,1-8H3;7-12H,1-6H3;7-12H,1-6H3;4-12H,1-3H3;7-10H,1-6H3;3-5H,1-2H3;1-4H3. The van der Waals surface area contributed by atoms with Crippen LogP contribution in [0.2, 0.25) is 0 Å². The highest BCUT2D eigenvalue weighted by atomic mass is 32.1. The molecule has 0 saturated carbocycles. The quantitative estimate of drug-likeness (QED) is 0.160. The zero-order valence-corrected chi connectivity index (χ0v) is 73.3. The topological polar surface area (TPSA) is 12.9 Å². The van der Waals surface area contributed by atoms with Crippen LogP contribution in [-0.4, -0.2) is 4.98 Å². The van der Waals surface area contributed by atoms with Gasteiger partial charge in [-0.3, -0.25) is 4.98 Å². The zero-order valence-electron chi connectivity index (χ0n) is 72.5. The maximum atomic E-state index is 4.08. The van der Waals surface area contributed by atoms with Crippen molar-refractivity contribution in [3.8, 4) is 22.3 Å². The highest BCUT2D eigenvalue weighted by Gasteiger charge is 2.41. The minimum Gasteiger partial charge on any atom is -0.261 e. The average Bonchev–Trinajstić information content (AvgIpc) is 1.65. The molecule has 0 bridgehead atoms. The van der Waals surface area contributed by atoms with Crippen LogP contribution in [0.25, 0.3) is 53.2 Å². The summed E-state index contributed by atoms with van der Waals surface area (Å²) in [6, 6.07) is 72.5. The Morgan fingerprint density at radius 2 is 0.676 bits per heavy atom. The van der Waals surface area contributed by atoms with Gasteiger partial charge in [0.15, 0.2) is 0 Å². The monoisotopic (exact) mass is 1420 g/mol. The molecular weight excluding hydrogens is 1280 g/mol. The highest BCUT2D eigenvalue weighted by Crippen LogP contribution is 2.54. The Morgan fingerprint density at radius 1 is 0.286 bits per heavy atom. The molecule has 105 heavy (non-hydrogen) atoms. The van der Waals surface area contributed by atoms with Gasteiger partial charge >= 0.3 is 0 Å². The Morgan fingerprint density at radius 3 is 1.14 bits per heavy atom. The van der Waals surface area contributed by atoms with Gasteiger partial charge in [-0.05, 0) is 180 Å². The van der Waals surface area contributed by atoms with Crippen molar-refractivity contribution in [2.24, 2.45) is 5.41 Å². The van der Waals surface area contributed by atoms with Gasteiger partial charge in [-0.1, -0.05) is 417 Å². The van der Waals surface area contributed by atoms with E-state index in [1.807, 2.05) is 30.5 Å². The van der Waals surface area contributed by atoms with E-state index in [1.165, 1.54) is 120 Å². The van der Waals surface area contributed by atoms with Crippen LogP contribution in [-0.2, 0) is 54.1 Å². The smallest absolute Gasteiger partial charge is 0.0401 e. The normalized spacial score (nSPS) is 13.2. The van der Waals surface area contributed by atoms with Crippen molar-refractivity contribution in [3.05, 3.63) is 279 Å². The van der Waals surface area contributed by atoms with Gasteiger partial charge in [0.1, 0.15) is 0 Å². The number of rotatable bonds is 1. The number of fused-ring (bicyclic) bond motifs is 7. The lowest BCUT2D eigenvalue weighted by Crippen LogP contribution is -2.24. The second-order valence-corrected chi connectivity index (χ2v) is 41.9. The molecule has 0 saturated heterocycles. The van der Waals surface area contributed by atoms with E-state index in [1.54, 1.807) is 0 Å². The summed E-state index contributed by atoms with van der Waals surface area (Å²) in [6.45, 7) is 79.8. The lowest BCUT2D eigenvalue weighted by Gasteiger charge is -2.33. The predicted molar refractivity (Wildman–Crippen MR) is 473 cm³/mol. The molecule has 1 aliphatic carbocycles. The molecule has 0 spiro atoms. The maximum Gasteiger partial charge on any atom is 0.0401 e. The van der Waals surface area contributed by atoms with Gasteiger partial charge in [0, 0.05) is 37.5 Å². The first-order valence-corrected chi connectivity index (χ1v) is 39.7. The number of aryl methyl sites for hydroxylation is 2. The van der Waals surface area contributed by atoms with Gasteiger partial charge < -0.3 is 0 Å². The Balaban J connectivity index is 0.000000199. The number of nitrogens with zero attached hydrogens (tertiary/aromatic N) is 1. The number of thiophene rings is 1. The number of benzene rings is 9. The predicted octanol–water partition coefficient (Wildman–Crippen LogP) is 31.4. The molecule has 0 atom stereocenters. The van der Waals surface area contributed by atoms with Crippen molar-refractivity contribution in [3.63, 3.8) is 0 Å². The number of hydrogen-bond donors (Lipinski definition) is 0. The SMILES string of the molecule is CC(C)(C)C.CC(C)(C)c1ccc2c(c1C(C)(C)C)-c1ccccc1C2(C)C.CC(C)(C)c1ccc2c(sc3ccccc32)c1C(C)(C)C.CC(C)(C)c1ccc2ccccc2c1C(C)(C)C.CC(C)(C)c1ccccc1-c1ccccc1.CC(C)(C)c1ccccc1C(C)(C)C.Cc1cccnc1C. The molecule has 11 aromatic rings. The summed E-state index contributed by atoms with van der Waals surface area (Å²) < 4.78 is 2.86. The molecule has 1 nitrogen and oxygen atoms in total. The third kappa shape index (κ3) is 22.6. The van der Waals surface area contributed by atoms with Crippen molar-refractivity contribution in [2.75, 3.05) is 0 Å². The van der Waals surface area contributed by atoms with Crippen LogP contribution in [0.5, 0.6) is 0 Å². The van der Waals surface area contributed by atoms with Crippen LogP contribution in [0.3, 0.4) is 0 Å². The minimum absolute atomic E-state index is 0.0857. The fraction of sp³-hybridized carbons (Fsp3) is 0.447. The molecular formula is C103H139NS. The van der Waals surface area contributed by atoms with Crippen LogP contribution in [0, 0.1) is 19.3 Å². The van der Waals surface area contributed by atoms with Gasteiger partial charge in [0.25, 0.3) is 0 Å². The van der Waals surface area contributed by atoms with E-state index < -0.39 is 0 Å². The Hall–Kier alpha value is -7.39. The third-order valence-electron chi connectivity index (χ3n) is 19.5. The Bertz CT molecular complexity index is 4600. The molecule has 562 valence electrons. The largest absolute Gasteiger partial charge is 0.261 e. The lowest BCUT2D eigenvalue weighted by atomic mass is 9.71. The fourth-order valence-corrected chi connectivity index (χ4v) is 15.9. The van der Waals surface area contributed by atoms with Crippen LogP contribution < -0.4 is 0 Å². The summed E-state index contributed by atoms with van der Waals surface area (Å²) in [6.07, 6.45) is 1.81. The second kappa shape index (κ2) is 33.0. The molecule has 9 aromatic carbocycles. The first-order chi connectivity index (χ1) is 48.0. The molecule has 0 aliphatic heterocycles. The Kier molecular flexibility index (Phi) is 27.2. The van der Waals surface area contributed by atoms with E-state index in [-0.39, 0.29) is 54.1 Å². The van der Waals surface area contributed by atoms with E-state index in [9.17, 15) is 0 Å². The lowest BCUT2D eigenvalue weighted by molar-refractivity contribution is 0.469. The molecule has 2 heteroatoms. The first kappa shape index (κ1) is 86.5. The van der Waals surface area contributed by atoms with Crippen molar-refractivity contribution < 1.29 is 0 Å². The number of aromatic nitrogens is 1. The van der Waals surface area contributed by atoms with Crippen LogP contribution in [0.4, 0.5) is 0 Å². The summed E-state index contributed by atoms with van der Waals surface area (Å²) >= 11 is 1.95. The van der Waals surface area contributed by atoms with Gasteiger partial charge in [-0.15, -0.1) is 11.3 Å². The molecule has 0 fully saturated rings. The highest BCUT2D eigenvalue weighted by molar-refractivity contribution is 7.26. The molecule has 0 unspecified atom stereocenters. The van der Waals surface area contributed by atoms with Crippen LogP contribution in [0.1, 0.15) is 301 Å². The van der Waals surface area contributed by atoms with Crippen LogP contribution in [0.15, 0.2) is 206 Å². The van der Waals surface area contributed by atoms with Crippen molar-refractivity contribution >= 4 is 42.3 Å². The summed E-state index contributed by atoms with van der Waals surface area (Å²) in [7, 11) is 0. The fourth-order valence-electron chi connectivity index (χ4n) is 14.4. The Labute approximate surface area is 646 Å². The van der Waals surface area contributed by atoms with E-state index in [4.69, 9.17) is 0 Å². The van der Waals surface area contributed by atoms with Crippen molar-refractivity contribution in [1.82, 2.24) is 4.98 Å². The van der Waals surface area contributed by atoms with Gasteiger partial charge in [0.2, 0.25) is 0 Å². The van der Waals surface area contributed by atoms with E-state index in [0.29, 0.717) is 5.41 Å².